The number of esters is 1. The van der Waals surface area contributed by atoms with Gasteiger partial charge in [-0.15, -0.1) is 0 Å². The van der Waals surface area contributed by atoms with Crippen LogP contribution in [-0.4, -0.2) is 101 Å². The minimum absolute atomic E-state index is 0.0132. The van der Waals surface area contributed by atoms with Crippen molar-refractivity contribution < 1.29 is 38.2 Å². The van der Waals surface area contributed by atoms with Crippen molar-refractivity contribution in [1.82, 2.24) is 20.0 Å². The minimum Gasteiger partial charge on any atom is -0.442 e. The molecular weight excluding hydrogens is 484 g/mol. The van der Waals surface area contributed by atoms with Gasteiger partial charge < -0.3 is 14.8 Å². The van der Waals surface area contributed by atoms with Gasteiger partial charge in [-0.2, -0.15) is 0 Å². The topological polar surface area (TPSA) is 143 Å². The number of benzene rings is 1. The van der Waals surface area contributed by atoms with E-state index in [2.05, 4.69) is 5.32 Å². The molecule has 3 unspecified atom stereocenters. The van der Waals surface area contributed by atoms with Gasteiger partial charge >= 0.3 is 5.97 Å². The first-order chi connectivity index (χ1) is 17.7. The van der Waals surface area contributed by atoms with Crippen LogP contribution in [0.3, 0.4) is 0 Å². The minimum atomic E-state index is -1.18. The largest absolute Gasteiger partial charge is 0.442 e. The Kier molecular flexibility index (Phi) is 7.98. The van der Waals surface area contributed by atoms with Crippen molar-refractivity contribution in [3.8, 4) is 0 Å². The van der Waals surface area contributed by atoms with Gasteiger partial charge in [0.15, 0.2) is 6.73 Å². The maximum atomic E-state index is 13.1. The molecule has 2 saturated heterocycles. The predicted molar refractivity (Wildman–Crippen MR) is 127 cm³/mol. The van der Waals surface area contributed by atoms with Crippen molar-refractivity contribution in [2.24, 2.45) is 0 Å². The molecule has 1 aromatic rings. The molecule has 0 bridgehead atoms. The number of carbonyl (C=O) groups excluding carboxylic acids is 6. The molecular formula is C25H30N4O8. The van der Waals surface area contributed by atoms with Crippen molar-refractivity contribution >= 4 is 35.5 Å². The first kappa shape index (κ1) is 26.4. The number of morpholine rings is 1. The second-order valence-corrected chi connectivity index (χ2v) is 9.13. The number of ether oxygens (including phenoxy) is 2. The normalized spacial score (nSPS) is 22.1. The molecule has 198 valence electrons. The molecule has 3 aliphatic rings. The number of amides is 5. The molecule has 0 radical (unpaired) electrons. The van der Waals surface area contributed by atoms with Crippen LogP contribution in [0.15, 0.2) is 24.3 Å². The first-order valence-electron chi connectivity index (χ1n) is 12.3. The van der Waals surface area contributed by atoms with Crippen molar-refractivity contribution in [3.63, 3.8) is 0 Å². The van der Waals surface area contributed by atoms with Crippen LogP contribution in [0.5, 0.6) is 0 Å². The highest BCUT2D eigenvalue weighted by atomic mass is 16.5. The number of hydrogen-bond acceptors (Lipinski definition) is 9. The molecule has 3 heterocycles. The van der Waals surface area contributed by atoms with Crippen molar-refractivity contribution in [3.05, 3.63) is 35.4 Å². The van der Waals surface area contributed by atoms with Gasteiger partial charge in [-0.1, -0.05) is 19.1 Å². The lowest BCUT2D eigenvalue weighted by atomic mass is 10.0. The fourth-order valence-electron chi connectivity index (χ4n) is 4.67. The van der Waals surface area contributed by atoms with Crippen LogP contribution in [0.2, 0.25) is 0 Å². The second-order valence-electron chi connectivity index (χ2n) is 9.13. The summed E-state index contributed by atoms with van der Waals surface area (Å²) in [6.07, 6.45) is 0.118. The Labute approximate surface area is 213 Å². The zero-order valence-corrected chi connectivity index (χ0v) is 20.8. The van der Waals surface area contributed by atoms with Crippen molar-refractivity contribution in [2.45, 2.75) is 51.2 Å². The van der Waals surface area contributed by atoms with E-state index >= 15 is 0 Å². The number of fused-ring (bicyclic) bond motifs is 1. The molecule has 0 spiro atoms. The smallest absolute Gasteiger partial charge is 0.330 e. The lowest BCUT2D eigenvalue weighted by Crippen LogP contribution is -2.57. The lowest BCUT2D eigenvalue weighted by molar-refractivity contribution is -0.165. The predicted octanol–water partition coefficient (Wildman–Crippen LogP) is -0.0836. The molecule has 1 aromatic carbocycles. The molecule has 1 N–H and O–H groups in total. The van der Waals surface area contributed by atoms with Crippen molar-refractivity contribution in [2.75, 3.05) is 33.0 Å². The number of nitrogens with one attached hydrogen (secondary N) is 1. The van der Waals surface area contributed by atoms with Crippen LogP contribution in [0.4, 0.5) is 0 Å². The number of rotatable bonds is 8. The van der Waals surface area contributed by atoms with Gasteiger partial charge in [-0.3, -0.25) is 33.8 Å². The Morgan fingerprint density at radius 2 is 1.70 bits per heavy atom. The number of piperidine rings is 1. The quantitative estimate of drug-likeness (QED) is 0.372. The molecule has 4 rings (SSSR count). The highest BCUT2D eigenvalue weighted by Gasteiger charge is 2.47. The summed E-state index contributed by atoms with van der Waals surface area (Å²) in [6, 6.07) is 3.63. The van der Waals surface area contributed by atoms with E-state index in [9.17, 15) is 28.8 Å². The maximum Gasteiger partial charge on any atom is 0.330 e. The van der Waals surface area contributed by atoms with E-state index in [0.29, 0.717) is 26.3 Å². The van der Waals surface area contributed by atoms with E-state index in [-0.39, 0.29) is 36.3 Å². The van der Waals surface area contributed by atoms with E-state index in [0.717, 1.165) is 9.80 Å². The first-order valence-corrected chi connectivity index (χ1v) is 12.3. The summed E-state index contributed by atoms with van der Waals surface area (Å²) in [4.78, 5) is 80.2. The Morgan fingerprint density at radius 3 is 2.30 bits per heavy atom. The zero-order valence-electron chi connectivity index (χ0n) is 20.8. The summed E-state index contributed by atoms with van der Waals surface area (Å²) in [7, 11) is 0. The lowest BCUT2D eigenvalue weighted by Gasteiger charge is -2.34. The molecule has 0 aliphatic carbocycles. The van der Waals surface area contributed by atoms with Gasteiger partial charge in [-0.05, 0) is 31.9 Å². The van der Waals surface area contributed by atoms with Gasteiger partial charge in [0.1, 0.15) is 12.1 Å². The van der Waals surface area contributed by atoms with E-state index in [1.807, 2.05) is 4.90 Å². The molecule has 12 heteroatoms. The maximum absolute atomic E-state index is 13.1. The molecule has 2 fully saturated rings. The van der Waals surface area contributed by atoms with E-state index in [1.165, 1.54) is 12.1 Å². The Hall–Kier alpha value is -3.64. The summed E-state index contributed by atoms with van der Waals surface area (Å²) in [5, 5.41) is 2.67. The van der Waals surface area contributed by atoms with Crippen molar-refractivity contribution in [1.29, 1.82) is 0 Å². The molecule has 3 atom stereocenters. The van der Waals surface area contributed by atoms with Gasteiger partial charge in [0.25, 0.3) is 17.7 Å². The number of imide groups is 2. The third kappa shape index (κ3) is 5.25. The third-order valence-electron chi connectivity index (χ3n) is 6.94. The summed E-state index contributed by atoms with van der Waals surface area (Å²) in [5.74, 6) is -3.72. The summed E-state index contributed by atoms with van der Waals surface area (Å²) in [6.45, 7) is 5.01. The summed E-state index contributed by atoms with van der Waals surface area (Å²) >= 11 is 0. The molecule has 12 nitrogen and oxygen atoms in total. The number of likely N-dealkylation sites (tertiary alicyclic amines) is 1. The average molecular weight is 515 g/mol. The van der Waals surface area contributed by atoms with Gasteiger partial charge in [0, 0.05) is 19.5 Å². The van der Waals surface area contributed by atoms with E-state index in [1.54, 1.807) is 26.0 Å². The van der Waals surface area contributed by atoms with Crippen LogP contribution in [0.25, 0.3) is 0 Å². The SMILES string of the molecule is CCC(NC(=O)C(C)N1CCOCC1)C(=O)OCN1C(=O)CCC(N2C(=O)c3ccccc3C2=O)C1=O. The van der Waals surface area contributed by atoms with E-state index < -0.39 is 54.5 Å². The fraction of sp³-hybridized carbons (Fsp3) is 0.520. The molecule has 0 saturated carbocycles. The number of hydrogen-bond donors (Lipinski definition) is 1. The standard InChI is InChI=1S/C25H30N4O8/c1-3-18(26-21(31)15(2)27-10-12-36-13-11-27)25(35)37-14-28-20(30)9-8-19(24(28)34)29-22(32)16-6-4-5-7-17(16)23(29)33/h4-7,15,18-19H,3,8-14H2,1-2H3,(H,26,31). The Bertz CT molecular complexity index is 1080. The molecule has 0 aromatic heterocycles. The van der Waals surface area contributed by atoms with Crippen LogP contribution in [0.1, 0.15) is 53.8 Å². The van der Waals surface area contributed by atoms with Gasteiger partial charge in [0.05, 0.1) is 30.4 Å². The fourth-order valence-corrected chi connectivity index (χ4v) is 4.67. The van der Waals surface area contributed by atoms with Gasteiger partial charge in [0.2, 0.25) is 11.8 Å². The van der Waals surface area contributed by atoms with Crippen LogP contribution in [0, 0.1) is 0 Å². The Morgan fingerprint density at radius 1 is 1.08 bits per heavy atom. The molecule has 5 amide bonds. The monoisotopic (exact) mass is 514 g/mol. The molecule has 37 heavy (non-hydrogen) atoms. The third-order valence-corrected chi connectivity index (χ3v) is 6.94. The summed E-state index contributed by atoms with van der Waals surface area (Å²) < 4.78 is 10.5. The van der Waals surface area contributed by atoms with Crippen LogP contribution in [-0.2, 0) is 28.7 Å². The highest BCUT2D eigenvalue weighted by Crippen LogP contribution is 2.29. The number of carbonyl (C=O) groups is 6. The summed E-state index contributed by atoms with van der Waals surface area (Å²) in [5.41, 5.74) is 0.394. The Balaban J connectivity index is 1.37. The van der Waals surface area contributed by atoms with Gasteiger partial charge in [-0.25, -0.2) is 9.69 Å². The zero-order chi connectivity index (χ0) is 26.7. The average Bonchev–Trinajstić information content (AvgIpc) is 3.16. The number of nitrogens with zero attached hydrogens (tertiary/aromatic N) is 3. The van der Waals surface area contributed by atoms with Crippen LogP contribution >= 0.6 is 0 Å². The highest BCUT2D eigenvalue weighted by molar-refractivity contribution is 6.23. The second kappa shape index (κ2) is 11.2. The van der Waals surface area contributed by atoms with E-state index in [4.69, 9.17) is 9.47 Å². The van der Waals surface area contributed by atoms with Crippen LogP contribution < -0.4 is 5.32 Å². The molecule has 3 aliphatic heterocycles.